The van der Waals surface area contributed by atoms with Gasteiger partial charge in [-0.05, 0) is 34.5 Å². The number of carbonyl (C=O) groups excluding carboxylic acids is 1. The first-order chi connectivity index (χ1) is 5.11. The Morgan fingerprint density at radius 2 is 2.36 bits per heavy atom. The van der Waals surface area contributed by atoms with Crippen molar-refractivity contribution in [2.45, 2.75) is 6.92 Å². The molecule has 0 saturated carbocycles. The highest BCUT2D eigenvalue weighted by Gasteiger charge is 2.00. The molecule has 3 nitrogen and oxygen atoms in total. The van der Waals surface area contributed by atoms with Crippen molar-refractivity contribution in [3.8, 4) is 0 Å². The average molecular weight is 215 g/mol. The largest absolute Gasteiger partial charge is 0.543 e. The quantitative estimate of drug-likeness (QED) is 0.685. The predicted molar refractivity (Wildman–Crippen MR) is 41.0 cm³/mol. The Labute approximate surface area is 72.2 Å². The summed E-state index contributed by atoms with van der Waals surface area (Å²) in [6, 6.07) is 1.68. The molecule has 0 saturated heterocycles. The van der Waals surface area contributed by atoms with Crippen LogP contribution in [0.25, 0.3) is 0 Å². The number of aromatic carboxylic acids is 1. The van der Waals surface area contributed by atoms with Crippen LogP contribution in [0.3, 0.4) is 0 Å². The number of halogens is 1. The van der Waals surface area contributed by atoms with Crippen LogP contribution >= 0.6 is 15.9 Å². The Kier molecular flexibility index (Phi) is 2.24. The van der Waals surface area contributed by atoms with Gasteiger partial charge in [0.25, 0.3) is 0 Å². The molecule has 0 aliphatic carbocycles. The number of carboxylic acid groups (broad SMARTS) is 1. The summed E-state index contributed by atoms with van der Waals surface area (Å²) in [5.74, 6) is -1.27. The Bertz CT molecular complexity index is 298. The minimum Gasteiger partial charge on any atom is -0.543 e. The maximum absolute atomic E-state index is 10.3. The Balaban J connectivity index is 3.20. The Hall–Kier alpha value is -0.900. The van der Waals surface area contributed by atoms with E-state index in [2.05, 4.69) is 20.9 Å². The van der Waals surface area contributed by atoms with Crippen LogP contribution in [0.4, 0.5) is 0 Å². The van der Waals surface area contributed by atoms with Crippen molar-refractivity contribution in [1.29, 1.82) is 0 Å². The molecular weight excluding hydrogens is 210 g/mol. The molecule has 0 aromatic carbocycles. The van der Waals surface area contributed by atoms with E-state index in [1.54, 1.807) is 6.07 Å². The fraction of sp³-hybridized carbons (Fsp3) is 0.143. The zero-order chi connectivity index (χ0) is 8.43. The predicted octanol–water partition coefficient (Wildman–Crippen LogP) is 0.516. The SMILES string of the molecule is Cc1cnc(C(=O)[O-])c(Br)c1. The zero-order valence-electron chi connectivity index (χ0n) is 5.80. The van der Waals surface area contributed by atoms with Gasteiger partial charge in [0.2, 0.25) is 0 Å². The van der Waals surface area contributed by atoms with Crippen LogP contribution in [-0.4, -0.2) is 11.0 Å². The van der Waals surface area contributed by atoms with Crippen LogP contribution in [0.2, 0.25) is 0 Å². The smallest absolute Gasteiger partial charge is 0.0998 e. The van der Waals surface area contributed by atoms with Gasteiger partial charge in [0, 0.05) is 10.7 Å². The van der Waals surface area contributed by atoms with Gasteiger partial charge in [-0.1, -0.05) is 0 Å². The van der Waals surface area contributed by atoms with Crippen LogP contribution in [-0.2, 0) is 0 Å². The molecule has 1 heterocycles. The van der Waals surface area contributed by atoms with Gasteiger partial charge >= 0.3 is 0 Å². The van der Waals surface area contributed by atoms with Crippen molar-refractivity contribution in [2.24, 2.45) is 0 Å². The first-order valence-corrected chi connectivity index (χ1v) is 3.74. The molecule has 0 N–H and O–H groups in total. The van der Waals surface area contributed by atoms with E-state index in [0.717, 1.165) is 5.56 Å². The lowest BCUT2D eigenvalue weighted by Gasteiger charge is -2.03. The normalized spacial score (nSPS) is 9.64. The van der Waals surface area contributed by atoms with E-state index in [9.17, 15) is 9.90 Å². The molecule has 0 bridgehead atoms. The Morgan fingerprint density at radius 1 is 1.73 bits per heavy atom. The van der Waals surface area contributed by atoms with Crippen molar-refractivity contribution in [2.75, 3.05) is 0 Å². The fourth-order valence-electron chi connectivity index (χ4n) is 0.684. The molecule has 0 fully saturated rings. The summed E-state index contributed by atoms with van der Waals surface area (Å²) in [7, 11) is 0. The van der Waals surface area contributed by atoms with Crippen molar-refractivity contribution >= 4 is 21.9 Å². The van der Waals surface area contributed by atoms with Gasteiger partial charge in [-0.25, -0.2) is 0 Å². The highest BCUT2D eigenvalue weighted by molar-refractivity contribution is 9.10. The number of hydrogen-bond donors (Lipinski definition) is 0. The van der Waals surface area contributed by atoms with Gasteiger partial charge in [0.1, 0.15) is 0 Å². The number of hydrogen-bond acceptors (Lipinski definition) is 3. The monoisotopic (exact) mass is 214 g/mol. The fourth-order valence-corrected chi connectivity index (χ4v) is 1.31. The molecular formula is C7H5BrNO2-. The molecule has 0 atom stereocenters. The van der Waals surface area contributed by atoms with Gasteiger partial charge in [0.05, 0.1) is 11.7 Å². The third-order valence-corrected chi connectivity index (χ3v) is 1.78. The first kappa shape index (κ1) is 8.20. The summed E-state index contributed by atoms with van der Waals surface area (Å²) in [6.45, 7) is 1.83. The van der Waals surface area contributed by atoms with E-state index in [1.165, 1.54) is 6.20 Å². The summed E-state index contributed by atoms with van der Waals surface area (Å²) >= 11 is 3.06. The number of rotatable bonds is 1. The average Bonchev–Trinajstić information content (AvgIpc) is 1.85. The van der Waals surface area contributed by atoms with Crippen molar-refractivity contribution in [3.05, 3.63) is 28.0 Å². The molecule has 4 heteroatoms. The van der Waals surface area contributed by atoms with E-state index in [4.69, 9.17) is 0 Å². The second kappa shape index (κ2) is 3.00. The van der Waals surface area contributed by atoms with Gasteiger partial charge < -0.3 is 9.90 Å². The van der Waals surface area contributed by atoms with Crippen LogP contribution < -0.4 is 5.11 Å². The van der Waals surface area contributed by atoms with E-state index < -0.39 is 5.97 Å². The topological polar surface area (TPSA) is 53.0 Å². The van der Waals surface area contributed by atoms with E-state index in [1.807, 2.05) is 6.92 Å². The van der Waals surface area contributed by atoms with E-state index >= 15 is 0 Å². The van der Waals surface area contributed by atoms with Gasteiger partial charge in [-0.2, -0.15) is 0 Å². The first-order valence-electron chi connectivity index (χ1n) is 2.95. The lowest BCUT2D eigenvalue weighted by Crippen LogP contribution is -2.24. The summed E-state index contributed by atoms with van der Waals surface area (Å²) < 4.78 is 0.456. The maximum atomic E-state index is 10.3. The van der Waals surface area contributed by atoms with Crippen LogP contribution in [0.5, 0.6) is 0 Å². The molecule has 11 heavy (non-hydrogen) atoms. The van der Waals surface area contributed by atoms with Crippen LogP contribution in [0.1, 0.15) is 16.1 Å². The standard InChI is InChI=1S/C7H6BrNO2/c1-4-2-5(8)6(7(10)11)9-3-4/h2-3H,1H3,(H,10,11)/p-1. The van der Waals surface area contributed by atoms with Crippen molar-refractivity contribution in [3.63, 3.8) is 0 Å². The molecule has 0 spiro atoms. The molecule has 1 aromatic rings. The third-order valence-electron chi connectivity index (χ3n) is 1.17. The molecule has 1 rings (SSSR count). The highest BCUT2D eigenvalue weighted by atomic mass is 79.9. The van der Waals surface area contributed by atoms with Crippen molar-refractivity contribution in [1.82, 2.24) is 4.98 Å². The van der Waals surface area contributed by atoms with Crippen molar-refractivity contribution < 1.29 is 9.90 Å². The number of carboxylic acids is 1. The van der Waals surface area contributed by atoms with E-state index in [-0.39, 0.29) is 5.69 Å². The summed E-state index contributed by atoms with van der Waals surface area (Å²) in [5.41, 5.74) is 0.845. The summed E-state index contributed by atoms with van der Waals surface area (Å²) in [6.07, 6.45) is 1.48. The molecule has 0 radical (unpaired) electrons. The molecule has 0 amide bonds. The summed E-state index contributed by atoms with van der Waals surface area (Å²) in [5, 5.41) is 10.3. The highest BCUT2D eigenvalue weighted by Crippen LogP contribution is 2.14. The van der Waals surface area contributed by atoms with Gasteiger partial charge in [-0.3, -0.25) is 4.98 Å². The zero-order valence-corrected chi connectivity index (χ0v) is 7.38. The molecule has 0 aliphatic heterocycles. The minimum absolute atomic E-state index is 0.0596. The lowest BCUT2D eigenvalue weighted by atomic mass is 10.3. The second-order valence-electron chi connectivity index (χ2n) is 2.13. The van der Waals surface area contributed by atoms with Gasteiger partial charge in [0.15, 0.2) is 0 Å². The summed E-state index contributed by atoms with van der Waals surface area (Å²) in [4.78, 5) is 14.0. The number of aromatic nitrogens is 1. The second-order valence-corrected chi connectivity index (χ2v) is 2.98. The molecule has 0 unspecified atom stereocenters. The van der Waals surface area contributed by atoms with Gasteiger partial charge in [-0.15, -0.1) is 0 Å². The van der Waals surface area contributed by atoms with Crippen LogP contribution in [0, 0.1) is 6.92 Å². The number of aryl methyl sites for hydroxylation is 1. The maximum Gasteiger partial charge on any atom is 0.0998 e. The minimum atomic E-state index is -1.27. The molecule has 1 aromatic heterocycles. The lowest BCUT2D eigenvalue weighted by molar-refractivity contribution is -0.255. The Morgan fingerprint density at radius 3 is 2.82 bits per heavy atom. The third kappa shape index (κ3) is 1.77. The molecule has 58 valence electrons. The number of pyridine rings is 1. The number of carbonyl (C=O) groups is 1. The van der Waals surface area contributed by atoms with E-state index in [0.29, 0.717) is 4.47 Å². The van der Waals surface area contributed by atoms with Crippen LogP contribution in [0.15, 0.2) is 16.7 Å². The number of nitrogens with zero attached hydrogens (tertiary/aromatic N) is 1. The molecule has 0 aliphatic rings.